The molecule has 1 rings (SSSR count). The monoisotopic (exact) mass is 478 g/mol. The Morgan fingerprint density at radius 1 is 0.588 bits per heavy atom. The van der Waals surface area contributed by atoms with Crippen molar-refractivity contribution >= 4 is 5.97 Å². The van der Waals surface area contributed by atoms with Crippen molar-refractivity contribution in [3.8, 4) is 11.5 Å². The number of hydrogen-bond donors (Lipinski definition) is 2. The Morgan fingerprint density at radius 3 is 1.56 bits per heavy atom. The highest BCUT2D eigenvalue weighted by Gasteiger charge is 2.28. The molecule has 0 saturated carbocycles. The maximum atomic E-state index is 13.0. The summed E-state index contributed by atoms with van der Waals surface area (Å²) in [5.74, 6) is -1.21. The second-order valence-electron chi connectivity index (χ2n) is 9.49. The van der Waals surface area contributed by atoms with Crippen LogP contribution in [0, 0.1) is 0 Å². The lowest BCUT2D eigenvalue weighted by Crippen LogP contribution is -2.14. The summed E-state index contributed by atoms with van der Waals surface area (Å²) < 4.78 is 0. The van der Waals surface area contributed by atoms with Crippen molar-refractivity contribution in [2.45, 2.75) is 137 Å². The number of benzene rings is 1. The van der Waals surface area contributed by atoms with Gasteiger partial charge in [0.1, 0.15) is 5.56 Å². The zero-order valence-corrected chi connectivity index (χ0v) is 22.3. The van der Waals surface area contributed by atoms with Gasteiger partial charge in [-0.2, -0.15) is 4.89 Å². The summed E-state index contributed by atoms with van der Waals surface area (Å²) in [6, 6.07) is 0. The van der Waals surface area contributed by atoms with Gasteiger partial charge in [0.25, 0.3) is 0 Å². The molecule has 1 aromatic rings. The number of carbonyl (C=O) groups is 1. The molecule has 0 fully saturated rings. The van der Waals surface area contributed by atoms with E-state index in [2.05, 4.69) is 20.8 Å². The van der Waals surface area contributed by atoms with E-state index in [-0.39, 0.29) is 17.1 Å². The quantitative estimate of drug-likeness (QED) is 0.0852. The Hall–Kier alpha value is -1.75. The Bertz CT molecular complexity index is 698. The molecule has 0 bridgehead atoms. The zero-order valence-electron chi connectivity index (χ0n) is 22.3. The van der Waals surface area contributed by atoms with E-state index < -0.39 is 5.97 Å². The third-order valence-electron chi connectivity index (χ3n) is 6.54. The van der Waals surface area contributed by atoms with Crippen LogP contribution in [0.2, 0.25) is 0 Å². The van der Waals surface area contributed by atoms with Crippen molar-refractivity contribution in [3.05, 3.63) is 22.3 Å². The van der Waals surface area contributed by atoms with Crippen LogP contribution < -0.4 is 0 Å². The molecule has 2 N–H and O–H groups in total. The molecule has 196 valence electrons. The van der Waals surface area contributed by atoms with Gasteiger partial charge in [0, 0.05) is 5.56 Å². The summed E-state index contributed by atoms with van der Waals surface area (Å²) in [5, 5.41) is 22.0. The van der Waals surface area contributed by atoms with Gasteiger partial charge in [-0.05, 0) is 56.1 Å². The topological polar surface area (TPSA) is 76.0 Å². The van der Waals surface area contributed by atoms with Gasteiger partial charge >= 0.3 is 5.97 Å². The summed E-state index contributed by atoms with van der Waals surface area (Å²) >= 11 is 0. The molecule has 0 aliphatic rings. The van der Waals surface area contributed by atoms with E-state index in [1.165, 1.54) is 6.42 Å². The van der Waals surface area contributed by atoms with Gasteiger partial charge in [-0.25, -0.2) is 4.79 Å². The van der Waals surface area contributed by atoms with Gasteiger partial charge in [0.05, 0.1) is 6.61 Å². The lowest BCUT2D eigenvalue weighted by Gasteiger charge is -2.21. The van der Waals surface area contributed by atoms with Gasteiger partial charge < -0.3 is 10.2 Å². The second-order valence-corrected chi connectivity index (χ2v) is 9.49. The molecule has 0 atom stereocenters. The van der Waals surface area contributed by atoms with Crippen molar-refractivity contribution in [3.63, 3.8) is 0 Å². The smallest absolute Gasteiger partial charge is 0.377 e. The molecule has 0 radical (unpaired) electrons. The van der Waals surface area contributed by atoms with Crippen molar-refractivity contribution < 1.29 is 24.8 Å². The van der Waals surface area contributed by atoms with Crippen molar-refractivity contribution in [1.29, 1.82) is 0 Å². The number of hydrogen-bond acceptors (Lipinski definition) is 5. The first-order valence-corrected chi connectivity index (χ1v) is 13.9. The van der Waals surface area contributed by atoms with E-state index in [0.29, 0.717) is 19.4 Å². The van der Waals surface area contributed by atoms with Crippen LogP contribution in [0.4, 0.5) is 0 Å². The molecule has 0 saturated heterocycles. The Kier molecular flexibility index (Phi) is 16.5. The van der Waals surface area contributed by atoms with Gasteiger partial charge in [0.15, 0.2) is 11.5 Å². The van der Waals surface area contributed by atoms with Gasteiger partial charge in [0.2, 0.25) is 0 Å². The molecular formula is C29H50O5. The van der Waals surface area contributed by atoms with E-state index in [0.717, 1.165) is 107 Å². The molecule has 0 aliphatic heterocycles. The van der Waals surface area contributed by atoms with E-state index in [4.69, 9.17) is 9.78 Å². The van der Waals surface area contributed by atoms with Crippen LogP contribution >= 0.6 is 0 Å². The van der Waals surface area contributed by atoms with Crippen LogP contribution in [-0.4, -0.2) is 22.8 Å². The van der Waals surface area contributed by atoms with E-state index in [9.17, 15) is 15.0 Å². The summed E-state index contributed by atoms with van der Waals surface area (Å²) in [6.07, 6.45) is 17.0. The molecule has 5 heteroatoms. The molecule has 0 amide bonds. The number of unbranched alkanes of at least 4 members (excludes halogenated alkanes) is 10. The third kappa shape index (κ3) is 10.2. The lowest BCUT2D eigenvalue weighted by atomic mass is 9.85. The van der Waals surface area contributed by atoms with Gasteiger partial charge in [-0.1, -0.05) is 91.9 Å². The average Bonchev–Trinajstić information content (AvgIpc) is 2.83. The first-order valence-electron chi connectivity index (χ1n) is 13.9. The van der Waals surface area contributed by atoms with E-state index in [1.54, 1.807) is 0 Å². The largest absolute Gasteiger partial charge is 0.504 e. The fourth-order valence-corrected chi connectivity index (χ4v) is 4.47. The number of rotatable bonds is 20. The molecular weight excluding hydrogens is 428 g/mol. The molecule has 5 nitrogen and oxygen atoms in total. The number of aromatic hydroxyl groups is 2. The van der Waals surface area contributed by atoms with Crippen molar-refractivity contribution in [2.75, 3.05) is 6.61 Å². The van der Waals surface area contributed by atoms with Crippen LogP contribution in [0.25, 0.3) is 0 Å². The average molecular weight is 479 g/mol. The summed E-state index contributed by atoms with van der Waals surface area (Å²) in [5.41, 5.74) is 2.80. The minimum Gasteiger partial charge on any atom is -0.504 e. The predicted octanol–water partition coefficient (Wildman–Crippen LogP) is 8.35. The highest BCUT2D eigenvalue weighted by molar-refractivity contribution is 5.95. The zero-order chi connectivity index (χ0) is 25.2. The maximum absolute atomic E-state index is 13.0. The molecule has 0 aromatic heterocycles. The standard InChI is InChI=1S/C29H50O5/c1-5-9-13-16-19-23-24(20-17-14-10-6-2)26(29(32)34-33-22-12-8-4)28(31)27(30)25(23)21-18-15-11-7-3/h30-31H,5-22H2,1-4H3. The first kappa shape index (κ1) is 30.3. The van der Waals surface area contributed by atoms with Crippen molar-refractivity contribution in [1.82, 2.24) is 0 Å². The highest BCUT2D eigenvalue weighted by atomic mass is 17.2. The third-order valence-corrected chi connectivity index (χ3v) is 6.54. The second kappa shape index (κ2) is 18.6. The number of carbonyl (C=O) groups excluding carboxylic acids is 1. The van der Waals surface area contributed by atoms with Gasteiger partial charge in [-0.15, -0.1) is 0 Å². The first-order chi connectivity index (χ1) is 16.5. The Labute approximate surface area is 208 Å². The summed E-state index contributed by atoms with van der Waals surface area (Å²) in [4.78, 5) is 23.2. The summed E-state index contributed by atoms with van der Waals surface area (Å²) in [7, 11) is 0. The molecule has 0 aliphatic carbocycles. The molecule has 0 heterocycles. The Balaban J connectivity index is 3.37. The summed E-state index contributed by atoms with van der Waals surface area (Å²) in [6.45, 7) is 8.90. The van der Waals surface area contributed by atoms with Crippen LogP contribution in [0.15, 0.2) is 0 Å². The van der Waals surface area contributed by atoms with Gasteiger partial charge in [-0.3, -0.25) is 4.89 Å². The highest BCUT2D eigenvalue weighted by Crippen LogP contribution is 2.41. The van der Waals surface area contributed by atoms with Crippen LogP contribution in [0.3, 0.4) is 0 Å². The van der Waals surface area contributed by atoms with Crippen molar-refractivity contribution in [2.24, 2.45) is 0 Å². The fourth-order valence-electron chi connectivity index (χ4n) is 4.47. The molecule has 1 aromatic carbocycles. The predicted molar refractivity (Wildman–Crippen MR) is 140 cm³/mol. The number of phenolic OH excluding ortho intramolecular Hbond substituents is 2. The van der Waals surface area contributed by atoms with E-state index in [1.807, 2.05) is 6.92 Å². The van der Waals surface area contributed by atoms with Crippen LogP contribution in [-0.2, 0) is 29.0 Å². The van der Waals surface area contributed by atoms with Crippen LogP contribution in [0.5, 0.6) is 11.5 Å². The maximum Gasteiger partial charge on any atom is 0.377 e. The molecule has 0 spiro atoms. The van der Waals surface area contributed by atoms with E-state index >= 15 is 0 Å². The normalized spacial score (nSPS) is 11.2. The number of phenols is 2. The SMILES string of the molecule is CCCCCCc1c(O)c(O)c(C(=O)OOCCCC)c(CCCCCC)c1CCCCCC. The molecule has 34 heavy (non-hydrogen) atoms. The minimum absolute atomic E-state index is 0.0910. The molecule has 0 unspecified atom stereocenters. The van der Waals surface area contributed by atoms with Crippen LogP contribution in [0.1, 0.15) is 145 Å². The minimum atomic E-state index is -0.707. The fraction of sp³-hybridized carbons (Fsp3) is 0.759. The Morgan fingerprint density at radius 2 is 1.06 bits per heavy atom. The lowest BCUT2D eigenvalue weighted by molar-refractivity contribution is -0.241.